The minimum atomic E-state index is -0.145. The van der Waals surface area contributed by atoms with Gasteiger partial charge in [-0.25, -0.2) is 0 Å². The van der Waals surface area contributed by atoms with E-state index in [1.54, 1.807) is 13.3 Å². The van der Waals surface area contributed by atoms with Gasteiger partial charge in [-0.3, -0.25) is 4.98 Å². The Hall–Kier alpha value is -1.79. The van der Waals surface area contributed by atoms with Gasteiger partial charge in [0.25, 0.3) is 0 Å². The van der Waals surface area contributed by atoms with E-state index in [4.69, 9.17) is 15.0 Å². The van der Waals surface area contributed by atoms with E-state index in [-0.39, 0.29) is 6.04 Å². The maximum absolute atomic E-state index is 5.83. The smallest absolute Gasteiger partial charge is 0.228 e. The summed E-state index contributed by atoms with van der Waals surface area (Å²) < 4.78 is 10.1. The highest BCUT2D eigenvalue weighted by atomic mass is 16.5. The van der Waals surface area contributed by atoms with Gasteiger partial charge in [0, 0.05) is 25.8 Å². The first-order chi connectivity index (χ1) is 8.70. The first kappa shape index (κ1) is 12.7. The summed E-state index contributed by atoms with van der Waals surface area (Å²) in [6.07, 6.45) is 2.20. The van der Waals surface area contributed by atoms with E-state index >= 15 is 0 Å². The summed E-state index contributed by atoms with van der Waals surface area (Å²) in [4.78, 5) is 8.52. The second-order valence-electron chi connectivity index (χ2n) is 4.10. The van der Waals surface area contributed by atoms with Gasteiger partial charge in [0.1, 0.15) is 5.69 Å². The molecule has 0 bridgehead atoms. The molecule has 6 nitrogen and oxygen atoms in total. The van der Waals surface area contributed by atoms with Crippen molar-refractivity contribution in [2.75, 3.05) is 13.7 Å². The number of pyridine rings is 1. The van der Waals surface area contributed by atoms with Crippen LogP contribution in [0.15, 0.2) is 22.9 Å². The Morgan fingerprint density at radius 1 is 1.50 bits per heavy atom. The summed E-state index contributed by atoms with van der Waals surface area (Å²) in [5, 5.41) is 3.92. The molecular weight excluding hydrogens is 232 g/mol. The van der Waals surface area contributed by atoms with E-state index in [0.717, 1.165) is 11.3 Å². The van der Waals surface area contributed by atoms with Crippen LogP contribution in [0.1, 0.15) is 11.5 Å². The van der Waals surface area contributed by atoms with Crippen LogP contribution in [0.5, 0.6) is 0 Å². The van der Waals surface area contributed by atoms with E-state index in [1.165, 1.54) is 0 Å². The summed E-state index contributed by atoms with van der Waals surface area (Å²) in [6, 6.07) is 3.68. The molecule has 96 valence electrons. The van der Waals surface area contributed by atoms with E-state index in [9.17, 15) is 0 Å². The van der Waals surface area contributed by atoms with E-state index in [1.807, 2.05) is 19.1 Å². The Bertz CT molecular complexity index is 512. The summed E-state index contributed by atoms with van der Waals surface area (Å²) in [7, 11) is 1.61. The third-order valence-corrected chi connectivity index (χ3v) is 2.51. The Morgan fingerprint density at radius 3 is 3.06 bits per heavy atom. The van der Waals surface area contributed by atoms with Crippen LogP contribution >= 0.6 is 0 Å². The van der Waals surface area contributed by atoms with E-state index in [0.29, 0.717) is 24.7 Å². The number of rotatable bonds is 5. The molecule has 2 heterocycles. The number of hydrogen-bond acceptors (Lipinski definition) is 6. The number of ether oxygens (including phenoxy) is 1. The molecule has 0 radical (unpaired) electrons. The van der Waals surface area contributed by atoms with Crippen LogP contribution in [0.2, 0.25) is 0 Å². The molecule has 1 unspecified atom stereocenters. The van der Waals surface area contributed by atoms with Gasteiger partial charge in [-0.2, -0.15) is 4.98 Å². The predicted molar refractivity (Wildman–Crippen MR) is 65.8 cm³/mol. The second-order valence-corrected chi connectivity index (χ2v) is 4.10. The molecule has 2 aromatic heterocycles. The van der Waals surface area contributed by atoms with Gasteiger partial charge in [-0.15, -0.1) is 0 Å². The van der Waals surface area contributed by atoms with Gasteiger partial charge in [-0.05, 0) is 18.6 Å². The predicted octanol–water partition coefficient (Wildman–Crippen LogP) is 0.956. The average Bonchev–Trinajstić information content (AvgIpc) is 2.78. The Kier molecular flexibility index (Phi) is 4.01. The van der Waals surface area contributed by atoms with Gasteiger partial charge in [0.15, 0.2) is 0 Å². The van der Waals surface area contributed by atoms with Crippen LogP contribution in [-0.2, 0) is 11.2 Å². The molecule has 0 aromatic carbocycles. The summed E-state index contributed by atoms with van der Waals surface area (Å²) in [5.74, 6) is 0.993. The molecule has 0 aliphatic rings. The van der Waals surface area contributed by atoms with Crippen LogP contribution in [0.25, 0.3) is 11.5 Å². The van der Waals surface area contributed by atoms with Crippen molar-refractivity contribution < 1.29 is 9.26 Å². The SMILES string of the molecule is COCC(N)Cc1nc(-c2ncccc2C)no1. The maximum Gasteiger partial charge on any atom is 0.228 e. The monoisotopic (exact) mass is 248 g/mol. The van der Waals surface area contributed by atoms with Crippen LogP contribution in [0, 0.1) is 6.92 Å². The zero-order valence-electron chi connectivity index (χ0n) is 10.5. The van der Waals surface area contributed by atoms with Crippen molar-refractivity contribution in [3.8, 4) is 11.5 Å². The zero-order valence-corrected chi connectivity index (χ0v) is 10.5. The van der Waals surface area contributed by atoms with Crippen molar-refractivity contribution in [1.29, 1.82) is 0 Å². The van der Waals surface area contributed by atoms with Crippen molar-refractivity contribution in [1.82, 2.24) is 15.1 Å². The first-order valence-electron chi connectivity index (χ1n) is 5.69. The highest BCUT2D eigenvalue weighted by Crippen LogP contribution is 2.17. The Morgan fingerprint density at radius 2 is 2.33 bits per heavy atom. The van der Waals surface area contributed by atoms with E-state index in [2.05, 4.69) is 15.1 Å². The molecule has 0 aliphatic carbocycles. The molecule has 1 atom stereocenters. The van der Waals surface area contributed by atoms with Crippen LogP contribution in [-0.4, -0.2) is 34.9 Å². The second kappa shape index (κ2) is 5.70. The van der Waals surface area contributed by atoms with Crippen molar-refractivity contribution >= 4 is 0 Å². The summed E-state index contributed by atoms with van der Waals surface area (Å²) >= 11 is 0. The fourth-order valence-electron chi connectivity index (χ4n) is 1.65. The molecule has 0 saturated heterocycles. The number of nitrogens with two attached hydrogens (primary N) is 1. The lowest BCUT2D eigenvalue weighted by atomic mass is 10.2. The Labute approximate surface area is 105 Å². The number of hydrogen-bond donors (Lipinski definition) is 1. The topological polar surface area (TPSA) is 87.1 Å². The largest absolute Gasteiger partial charge is 0.383 e. The number of methoxy groups -OCH3 is 1. The number of nitrogens with zero attached hydrogens (tertiary/aromatic N) is 3. The van der Waals surface area contributed by atoms with Crippen LogP contribution in [0.4, 0.5) is 0 Å². The van der Waals surface area contributed by atoms with Crippen molar-refractivity contribution in [2.45, 2.75) is 19.4 Å². The van der Waals surface area contributed by atoms with Crippen molar-refractivity contribution in [3.05, 3.63) is 29.8 Å². The fraction of sp³-hybridized carbons (Fsp3) is 0.417. The fourth-order valence-corrected chi connectivity index (χ4v) is 1.65. The Balaban J connectivity index is 2.13. The number of aromatic nitrogens is 3. The summed E-state index contributed by atoms with van der Waals surface area (Å²) in [5.41, 5.74) is 7.56. The van der Waals surface area contributed by atoms with Crippen LogP contribution < -0.4 is 5.73 Å². The molecule has 0 spiro atoms. The average molecular weight is 248 g/mol. The van der Waals surface area contributed by atoms with E-state index < -0.39 is 0 Å². The molecule has 0 saturated carbocycles. The lowest BCUT2D eigenvalue weighted by molar-refractivity contribution is 0.176. The van der Waals surface area contributed by atoms with Crippen molar-refractivity contribution in [2.24, 2.45) is 5.73 Å². The van der Waals surface area contributed by atoms with Gasteiger partial charge >= 0.3 is 0 Å². The normalized spacial score (nSPS) is 12.6. The molecule has 0 amide bonds. The molecule has 6 heteroatoms. The molecule has 0 aliphatic heterocycles. The first-order valence-corrected chi connectivity index (χ1v) is 5.69. The zero-order chi connectivity index (χ0) is 13.0. The van der Waals surface area contributed by atoms with Gasteiger partial charge in [-0.1, -0.05) is 11.2 Å². The summed E-state index contributed by atoms with van der Waals surface area (Å²) in [6.45, 7) is 2.41. The molecule has 2 rings (SSSR count). The highest BCUT2D eigenvalue weighted by molar-refractivity contribution is 5.53. The highest BCUT2D eigenvalue weighted by Gasteiger charge is 2.14. The third kappa shape index (κ3) is 2.91. The third-order valence-electron chi connectivity index (χ3n) is 2.51. The van der Waals surface area contributed by atoms with Crippen molar-refractivity contribution in [3.63, 3.8) is 0 Å². The van der Waals surface area contributed by atoms with Crippen LogP contribution in [0.3, 0.4) is 0 Å². The maximum atomic E-state index is 5.83. The van der Waals surface area contributed by atoms with Gasteiger partial charge in [0.05, 0.1) is 6.61 Å². The van der Waals surface area contributed by atoms with Gasteiger partial charge < -0.3 is 15.0 Å². The minimum absolute atomic E-state index is 0.145. The minimum Gasteiger partial charge on any atom is -0.383 e. The number of aryl methyl sites for hydroxylation is 1. The quantitative estimate of drug-likeness (QED) is 0.847. The lowest BCUT2D eigenvalue weighted by Crippen LogP contribution is -2.28. The standard InChI is InChI=1S/C12H16N4O2/c1-8-4-3-5-14-11(8)12-15-10(18-16-12)6-9(13)7-17-2/h3-5,9H,6-7,13H2,1-2H3. The van der Waals surface area contributed by atoms with Gasteiger partial charge in [0.2, 0.25) is 11.7 Å². The lowest BCUT2D eigenvalue weighted by Gasteiger charge is -2.05. The molecule has 2 N–H and O–H groups in total. The molecule has 2 aromatic rings. The molecule has 0 fully saturated rings. The molecular formula is C12H16N4O2. The molecule has 18 heavy (non-hydrogen) atoms.